The molecule has 9 heteroatoms. The molecular weight excluding hydrogens is 433 g/mol. The molecule has 3 aromatic heterocycles. The maximum Gasteiger partial charge on any atom is 0.247 e. The number of halogens is 1. The van der Waals surface area contributed by atoms with E-state index in [9.17, 15) is 4.79 Å². The first kappa shape index (κ1) is 20.6. The van der Waals surface area contributed by atoms with Crippen LogP contribution in [0.25, 0.3) is 21.9 Å². The number of carbonyl (C=O) groups is 1. The van der Waals surface area contributed by atoms with Crippen molar-refractivity contribution in [2.24, 2.45) is 0 Å². The number of nitrogens with zero attached hydrogens (tertiary/aromatic N) is 5. The summed E-state index contributed by atoms with van der Waals surface area (Å²) in [5.74, 6) is 1.10. The number of amides is 1. The summed E-state index contributed by atoms with van der Waals surface area (Å²) in [4.78, 5) is 23.1. The van der Waals surface area contributed by atoms with Gasteiger partial charge in [0.25, 0.3) is 0 Å². The van der Waals surface area contributed by atoms with Crippen molar-refractivity contribution in [2.75, 3.05) is 24.6 Å². The SMILES string of the molecule is Cc1ccncc1-c1cc2cc(Nc3cc4n(n3)[C@@H]3CC[C@H]4CN(C)C3=O)ncc2c(N)c1F. The van der Waals surface area contributed by atoms with E-state index in [2.05, 4.69) is 20.4 Å². The molecule has 3 aliphatic rings. The number of benzene rings is 1. The topological polar surface area (TPSA) is 102 Å². The molecule has 3 aliphatic heterocycles. The summed E-state index contributed by atoms with van der Waals surface area (Å²) in [6, 6.07) is 7.19. The van der Waals surface area contributed by atoms with Crippen LogP contribution in [0.15, 0.2) is 42.9 Å². The quantitative estimate of drug-likeness (QED) is 0.448. The van der Waals surface area contributed by atoms with Gasteiger partial charge in [-0.2, -0.15) is 5.10 Å². The van der Waals surface area contributed by atoms with E-state index in [1.165, 1.54) is 0 Å². The van der Waals surface area contributed by atoms with Crippen LogP contribution in [-0.4, -0.2) is 44.1 Å². The average Bonchev–Trinajstić information content (AvgIpc) is 3.16. The molecule has 2 atom stereocenters. The Morgan fingerprint density at radius 2 is 2.00 bits per heavy atom. The van der Waals surface area contributed by atoms with Crippen LogP contribution in [0.4, 0.5) is 21.7 Å². The molecule has 34 heavy (non-hydrogen) atoms. The minimum Gasteiger partial charge on any atom is -0.396 e. The highest BCUT2D eigenvalue weighted by atomic mass is 19.1. The molecule has 1 saturated heterocycles. The van der Waals surface area contributed by atoms with Crippen LogP contribution in [-0.2, 0) is 4.79 Å². The molecule has 172 valence electrons. The Labute approximate surface area is 195 Å². The lowest BCUT2D eigenvalue weighted by atomic mass is 9.94. The van der Waals surface area contributed by atoms with Crippen LogP contribution in [0.3, 0.4) is 0 Å². The van der Waals surface area contributed by atoms with Crippen LogP contribution in [0.2, 0.25) is 0 Å². The molecule has 0 saturated carbocycles. The molecule has 8 nitrogen and oxygen atoms in total. The van der Waals surface area contributed by atoms with Crippen molar-refractivity contribution < 1.29 is 9.18 Å². The number of nitrogens with one attached hydrogen (secondary N) is 1. The Balaban J connectivity index is 1.38. The van der Waals surface area contributed by atoms with E-state index in [1.807, 2.05) is 36.9 Å². The maximum atomic E-state index is 15.1. The maximum absolute atomic E-state index is 15.1. The molecule has 1 aromatic carbocycles. The molecule has 3 N–H and O–H groups in total. The molecule has 0 spiro atoms. The molecule has 7 rings (SSSR count). The van der Waals surface area contributed by atoms with Crippen LogP contribution in [0, 0.1) is 12.7 Å². The summed E-state index contributed by atoms with van der Waals surface area (Å²) in [7, 11) is 1.86. The molecule has 6 heterocycles. The first-order chi connectivity index (χ1) is 16.4. The lowest BCUT2D eigenvalue weighted by Crippen LogP contribution is -2.31. The van der Waals surface area contributed by atoms with Crippen LogP contribution < -0.4 is 11.1 Å². The Kier molecular flexibility index (Phi) is 4.55. The van der Waals surface area contributed by atoms with Crippen molar-refractivity contribution >= 4 is 34.0 Å². The van der Waals surface area contributed by atoms with Gasteiger partial charge in [-0.1, -0.05) is 0 Å². The van der Waals surface area contributed by atoms with Crippen molar-refractivity contribution in [2.45, 2.75) is 31.7 Å². The van der Waals surface area contributed by atoms with Gasteiger partial charge >= 0.3 is 0 Å². The number of aromatic nitrogens is 4. The largest absolute Gasteiger partial charge is 0.396 e. The Morgan fingerprint density at radius 3 is 2.82 bits per heavy atom. The third-order valence-electron chi connectivity index (χ3n) is 7.01. The normalized spacial score (nSPS) is 19.4. The van der Waals surface area contributed by atoms with Gasteiger partial charge in [0.1, 0.15) is 11.9 Å². The molecule has 1 fully saturated rings. The first-order valence-electron chi connectivity index (χ1n) is 11.3. The standard InChI is InChI=1S/C25H24FN7O/c1-13-5-6-28-10-17(13)16-7-15-8-21(29-11-18(15)24(27)23(16)26)30-22-9-20-14-3-4-19(33(20)31-22)25(34)32(2)12-14/h5-11,14,19H,3-4,12,27H2,1-2H3,(H,29,30,31)/t14-,19+/m0/s1. The number of carbonyl (C=O) groups excluding carboxylic acids is 1. The van der Waals surface area contributed by atoms with Crippen molar-refractivity contribution in [3.63, 3.8) is 0 Å². The van der Waals surface area contributed by atoms with Gasteiger partial charge in [-0.25, -0.2) is 9.37 Å². The Morgan fingerprint density at radius 1 is 1.15 bits per heavy atom. The van der Waals surface area contributed by atoms with Crippen molar-refractivity contribution in [1.29, 1.82) is 0 Å². The highest BCUT2D eigenvalue weighted by Crippen LogP contribution is 2.40. The number of likely N-dealkylation sites (N-methyl/N-ethyl adjacent to an activating group) is 1. The molecule has 2 bridgehead atoms. The van der Waals surface area contributed by atoms with Gasteiger partial charge < -0.3 is 16.0 Å². The fourth-order valence-corrected chi connectivity index (χ4v) is 5.18. The molecule has 0 unspecified atom stereocenters. The van der Waals surface area contributed by atoms with Gasteiger partial charge in [-0.3, -0.25) is 14.5 Å². The number of rotatable bonds is 3. The Bertz CT molecular complexity index is 1460. The first-order valence-corrected chi connectivity index (χ1v) is 11.3. The van der Waals surface area contributed by atoms with E-state index in [-0.39, 0.29) is 23.6 Å². The molecule has 0 aliphatic carbocycles. The van der Waals surface area contributed by atoms with Gasteiger partial charge in [0.05, 0.1) is 5.69 Å². The van der Waals surface area contributed by atoms with E-state index < -0.39 is 5.82 Å². The van der Waals surface area contributed by atoms with Gasteiger partial charge in [0, 0.05) is 66.4 Å². The highest BCUT2D eigenvalue weighted by molar-refractivity contribution is 5.98. The fraction of sp³-hybridized carbons (Fsp3) is 0.280. The Hall–Kier alpha value is -4.01. The third-order valence-corrected chi connectivity index (χ3v) is 7.01. The number of hydrogen-bond donors (Lipinski definition) is 2. The summed E-state index contributed by atoms with van der Waals surface area (Å²) in [5.41, 5.74) is 9.28. The second-order valence-corrected chi connectivity index (χ2v) is 9.17. The zero-order chi connectivity index (χ0) is 23.6. The zero-order valence-corrected chi connectivity index (χ0v) is 18.9. The monoisotopic (exact) mass is 457 g/mol. The van der Waals surface area contributed by atoms with E-state index in [0.29, 0.717) is 34.7 Å². The predicted molar refractivity (Wildman–Crippen MR) is 128 cm³/mol. The van der Waals surface area contributed by atoms with E-state index in [1.54, 1.807) is 29.6 Å². The van der Waals surface area contributed by atoms with Gasteiger partial charge in [-0.15, -0.1) is 0 Å². The number of fused-ring (bicyclic) bond motifs is 4. The summed E-state index contributed by atoms with van der Waals surface area (Å²) in [5, 5.41) is 9.24. The summed E-state index contributed by atoms with van der Waals surface area (Å²) in [6.45, 7) is 2.62. The second-order valence-electron chi connectivity index (χ2n) is 9.17. The smallest absolute Gasteiger partial charge is 0.247 e. The third kappa shape index (κ3) is 3.11. The minimum atomic E-state index is -0.478. The summed E-state index contributed by atoms with van der Waals surface area (Å²) < 4.78 is 17.0. The molecule has 4 aromatic rings. The van der Waals surface area contributed by atoms with Crippen molar-refractivity contribution in [3.05, 3.63) is 59.9 Å². The number of aryl methyl sites for hydroxylation is 1. The van der Waals surface area contributed by atoms with Crippen LogP contribution in [0.5, 0.6) is 0 Å². The summed E-state index contributed by atoms with van der Waals surface area (Å²) >= 11 is 0. The van der Waals surface area contributed by atoms with Crippen molar-refractivity contribution in [3.8, 4) is 11.1 Å². The number of pyridine rings is 2. The van der Waals surface area contributed by atoms with E-state index in [0.717, 1.165) is 29.5 Å². The van der Waals surface area contributed by atoms with E-state index in [4.69, 9.17) is 5.73 Å². The number of nitrogens with two attached hydrogens (primary N) is 1. The van der Waals surface area contributed by atoms with Gasteiger partial charge in [-0.05, 0) is 48.9 Å². The lowest BCUT2D eigenvalue weighted by molar-refractivity contribution is -0.132. The van der Waals surface area contributed by atoms with Crippen LogP contribution >= 0.6 is 0 Å². The second kappa shape index (κ2) is 7.51. The van der Waals surface area contributed by atoms with Crippen LogP contribution in [0.1, 0.15) is 36.1 Å². The molecule has 0 radical (unpaired) electrons. The highest BCUT2D eigenvalue weighted by Gasteiger charge is 2.39. The average molecular weight is 458 g/mol. The van der Waals surface area contributed by atoms with E-state index >= 15 is 4.39 Å². The number of nitrogen functional groups attached to an aromatic ring is 1. The predicted octanol–water partition coefficient (Wildman–Crippen LogP) is 4.16. The van der Waals surface area contributed by atoms with Crippen molar-refractivity contribution in [1.82, 2.24) is 24.6 Å². The van der Waals surface area contributed by atoms with Gasteiger partial charge in [0.15, 0.2) is 11.6 Å². The lowest BCUT2D eigenvalue weighted by Gasteiger charge is -2.23. The summed E-state index contributed by atoms with van der Waals surface area (Å²) in [6.07, 6.45) is 6.67. The number of hydrogen-bond acceptors (Lipinski definition) is 6. The number of anilines is 3. The zero-order valence-electron chi connectivity index (χ0n) is 18.9. The minimum absolute atomic E-state index is 0.0581. The molecular formula is C25H24FN7O. The molecule has 1 amide bonds. The fourth-order valence-electron chi connectivity index (χ4n) is 5.18. The van der Waals surface area contributed by atoms with Gasteiger partial charge in [0.2, 0.25) is 5.91 Å².